The van der Waals surface area contributed by atoms with E-state index in [1.807, 2.05) is 59.0 Å². The van der Waals surface area contributed by atoms with E-state index >= 15 is 0 Å². The minimum atomic E-state index is -0.428. The van der Waals surface area contributed by atoms with Crippen molar-refractivity contribution in [3.05, 3.63) is 51.7 Å². The summed E-state index contributed by atoms with van der Waals surface area (Å²) in [7, 11) is 1.47. The Bertz CT molecular complexity index is 854. The molecule has 5 nitrogen and oxygen atoms in total. The number of fused-ring (bicyclic) bond motifs is 1. The number of hydrogen-bond acceptors (Lipinski definition) is 4. The second-order valence-corrected chi connectivity index (χ2v) is 7.45. The average Bonchev–Trinajstić information content (AvgIpc) is 2.76. The zero-order valence-electron chi connectivity index (χ0n) is 15.5. The van der Waals surface area contributed by atoms with Crippen LogP contribution < -0.4 is 10.7 Å². The zero-order chi connectivity index (χ0) is 18.2. The van der Waals surface area contributed by atoms with Crippen LogP contribution in [-0.2, 0) is 9.31 Å². The van der Waals surface area contributed by atoms with Crippen LogP contribution in [0.25, 0.3) is 17.0 Å². The van der Waals surface area contributed by atoms with Crippen molar-refractivity contribution in [1.29, 1.82) is 0 Å². The highest BCUT2D eigenvalue weighted by molar-refractivity contribution is 6.56. The second kappa shape index (κ2) is 6.44. The minimum Gasteiger partial charge on any atom is -0.400 e. The van der Waals surface area contributed by atoms with E-state index in [0.29, 0.717) is 11.9 Å². The number of H-pyrrole nitrogens is 1. The van der Waals surface area contributed by atoms with E-state index in [1.165, 1.54) is 0 Å². The van der Waals surface area contributed by atoms with Crippen LogP contribution in [0.1, 0.15) is 33.3 Å². The van der Waals surface area contributed by atoms with Crippen LogP contribution in [-0.4, -0.2) is 36.9 Å². The predicted molar refractivity (Wildman–Crippen MR) is 103 cm³/mol. The van der Waals surface area contributed by atoms with Gasteiger partial charge in [-0.05, 0) is 51.8 Å². The fraction of sp³-hybridized carbons (Fsp3) is 0.421. The van der Waals surface area contributed by atoms with Gasteiger partial charge in [0.15, 0.2) is 5.43 Å². The molecule has 0 atom stereocenters. The number of aromatic nitrogens is 1. The summed E-state index contributed by atoms with van der Waals surface area (Å²) in [5.74, 6) is 0. The molecule has 1 aliphatic heterocycles. The molecule has 0 amide bonds. The van der Waals surface area contributed by atoms with Gasteiger partial charge in [-0.2, -0.15) is 0 Å². The van der Waals surface area contributed by atoms with E-state index in [1.54, 1.807) is 12.3 Å². The summed E-state index contributed by atoms with van der Waals surface area (Å²) >= 11 is 0. The highest BCUT2D eigenvalue weighted by Gasteiger charge is 2.52. The number of nitrogens with one attached hydrogen (secondary N) is 2. The van der Waals surface area contributed by atoms with Crippen LogP contribution in [0.4, 0.5) is 0 Å². The molecule has 0 saturated carbocycles. The smallest absolute Gasteiger partial charge is 0.400 e. The first-order valence-electron chi connectivity index (χ1n) is 8.56. The molecule has 0 spiro atoms. The van der Waals surface area contributed by atoms with Gasteiger partial charge >= 0.3 is 7.12 Å². The zero-order valence-corrected chi connectivity index (χ0v) is 15.5. The lowest BCUT2D eigenvalue weighted by Crippen LogP contribution is -2.41. The highest BCUT2D eigenvalue weighted by atomic mass is 16.7. The number of rotatable bonds is 4. The topological polar surface area (TPSA) is 63.4 Å². The van der Waals surface area contributed by atoms with E-state index in [2.05, 4.69) is 10.3 Å². The van der Waals surface area contributed by atoms with Gasteiger partial charge in [0.25, 0.3) is 0 Å². The minimum absolute atomic E-state index is 0.00907. The summed E-state index contributed by atoms with van der Waals surface area (Å²) in [5.41, 5.74) is 1.97. The summed E-state index contributed by atoms with van der Waals surface area (Å²) in [6, 6.07) is 7.25. The molecule has 0 radical (unpaired) electrons. The largest absolute Gasteiger partial charge is 0.491 e. The van der Waals surface area contributed by atoms with Crippen molar-refractivity contribution in [1.82, 2.24) is 10.3 Å². The SMILES string of the molecule is CNCC(=Cc1cccc2c(=O)cc[nH]c12)B1OC(C)(C)C(C)(C)O1. The van der Waals surface area contributed by atoms with Gasteiger partial charge in [-0.3, -0.25) is 4.79 Å². The first-order chi connectivity index (χ1) is 11.7. The van der Waals surface area contributed by atoms with Gasteiger partial charge in [0.2, 0.25) is 0 Å². The molecule has 1 fully saturated rings. The van der Waals surface area contributed by atoms with Gasteiger partial charge in [-0.1, -0.05) is 18.2 Å². The molecule has 3 rings (SSSR count). The number of benzene rings is 1. The van der Waals surface area contributed by atoms with Crippen molar-refractivity contribution in [2.24, 2.45) is 0 Å². The first-order valence-corrected chi connectivity index (χ1v) is 8.56. The maximum atomic E-state index is 12.1. The van der Waals surface area contributed by atoms with Crippen molar-refractivity contribution in [3.63, 3.8) is 0 Å². The van der Waals surface area contributed by atoms with E-state index in [9.17, 15) is 4.79 Å². The molecule has 1 aromatic carbocycles. The van der Waals surface area contributed by atoms with Gasteiger partial charge in [-0.15, -0.1) is 0 Å². The summed E-state index contributed by atoms with van der Waals surface area (Å²) in [4.78, 5) is 15.3. The number of pyridine rings is 1. The van der Waals surface area contributed by atoms with Gasteiger partial charge < -0.3 is 19.6 Å². The Morgan fingerprint density at radius 1 is 1.20 bits per heavy atom. The number of hydrogen-bond donors (Lipinski definition) is 2. The predicted octanol–water partition coefficient (Wildman–Crippen LogP) is 2.76. The Hall–Kier alpha value is -1.89. The molecule has 2 heterocycles. The lowest BCUT2D eigenvalue weighted by atomic mass is 9.77. The summed E-state index contributed by atoms with van der Waals surface area (Å²) in [5, 5.41) is 3.85. The Kier molecular flexibility index (Phi) is 4.62. The molecule has 0 bridgehead atoms. The normalized spacial score (nSPS) is 19.6. The molecule has 1 aromatic heterocycles. The van der Waals surface area contributed by atoms with E-state index in [4.69, 9.17) is 9.31 Å². The highest BCUT2D eigenvalue weighted by Crippen LogP contribution is 2.38. The summed E-state index contributed by atoms with van der Waals surface area (Å²) in [6.07, 6.45) is 3.71. The number of likely N-dealkylation sites (N-methyl/N-ethyl adjacent to an activating group) is 1. The lowest BCUT2D eigenvalue weighted by molar-refractivity contribution is 0.00578. The third-order valence-electron chi connectivity index (χ3n) is 5.10. The van der Waals surface area contributed by atoms with Crippen LogP contribution in [0.2, 0.25) is 0 Å². The van der Waals surface area contributed by atoms with Crippen LogP contribution in [0, 0.1) is 0 Å². The monoisotopic (exact) mass is 340 g/mol. The third kappa shape index (κ3) is 3.29. The van der Waals surface area contributed by atoms with E-state index in [-0.39, 0.29) is 5.43 Å². The molecule has 132 valence electrons. The Balaban J connectivity index is 2.05. The third-order valence-corrected chi connectivity index (χ3v) is 5.10. The molecular formula is C19H25BN2O3. The van der Waals surface area contributed by atoms with Crippen molar-refractivity contribution in [3.8, 4) is 0 Å². The maximum Gasteiger partial charge on any atom is 0.491 e. The molecule has 0 aliphatic carbocycles. The van der Waals surface area contributed by atoms with Crippen LogP contribution in [0.15, 0.2) is 40.7 Å². The molecule has 25 heavy (non-hydrogen) atoms. The fourth-order valence-electron chi connectivity index (χ4n) is 2.95. The van der Waals surface area contributed by atoms with Crippen LogP contribution >= 0.6 is 0 Å². The fourth-order valence-corrected chi connectivity index (χ4v) is 2.95. The Morgan fingerprint density at radius 2 is 1.88 bits per heavy atom. The van der Waals surface area contributed by atoms with E-state index in [0.717, 1.165) is 16.6 Å². The molecular weight excluding hydrogens is 315 g/mol. The van der Waals surface area contributed by atoms with Crippen LogP contribution in [0.5, 0.6) is 0 Å². The lowest BCUT2D eigenvalue weighted by Gasteiger charge is -2.32. The number of aromatic amines is 1. The molecule has 6 heteroatoms. The van der Waals surface area contributed by atoms with Crippen molar-refractivity contribution < 1.29 is 9.31 Å². The first kappa shape index (κ1) is 17.9. The molecule has 2 N–H and O–H groups in total. The van der Waals surface area contributed by atoms with Crippen molar-refractivity contribution >= 4 is 24.1 Å². The second-order valence-electron chi connectivity index (χ2n) is 7.45. The maximum absolute atomic E-state index is 12.1. The quantitative estimate of drug-likeness (QED) is 0.840. The Labute approximate surface area is 148 Å². The van der Waals surface area contributed by atoms with E-state index < -0.39 is 18.3 Å². The standard InChI is InChI=1S/C19H25BN2O3/c1-18(2)19(3,4)25-20(24-18)14(12-21-5)11-13-7-6-8-15-16(23)9-10-22-17(13)15/h6-11,21H,12H2,1-5H3,(H,22,23). The molecule has 2 aromatic rings. The van der Waals surface area contributed by atoms with Gasteiger partial charge in [0.05, 0.1) is 16.7 Å². The van der Waals surface area contributed by atoms with Crippen molar-refractivity contribution in [2.45, 2.75) is 38.9 Å². The van der Waals surface area contributed by atoms with Gasteiger partial charge in [-0.25, -0.2) is 0 Å². The molecule has 1 saturated heterocycles. The summed E-state index contributed by atoms with van der Waals surface area (Å²) in [6.45, 7) is 8.79. The Morgan fingerprint density at radius 3 is 2.52 bits per heavy atom. The van der Waals surface area contributed by atoms with Crippen molar-refractivity contribution in [2.75, 3.05) is 13.6 Å². The van der Waals surface area contributed by atoms with Gasteiger partial charge in [0.1, 0.15) is 0 Å². The molecule has 0 unspecified atom stereocenters. The average molecular weight is 340 g/mol. The number of para-hydroxylation sites is 1. The van der Waals surface area contributed by atoms with Gasteiger partial charge in [0, 0.05) is 24.2 Å². The molecule has 1 aliphatic rings. The van der Waals surface area contributed by atoms with Crippen LogP contribution in [0.3, 0.4) is 0 Å². The summed E-state index contributed by atoms with van der Waals surface area (Å²) < 4.78 is 12.4.